The highest BCUT2D eigenvalue weighted by atomic mass is 32.2. The van der Waals surface area contributed by atoms with E-state index in [1.54, 1.807) is 31.5 Å². The molecule has 3 rings (SSSR count). The molecule has 0 fully saturated rings. The number of hydrogen-bond acceptors (Lipinski definition) is 7. The van der Waals surface area contributed by atoms with Gasteiger partial charge in [-0.2, -0.15) is 0 Å². The van der Waals surface area contributed by atoms with Crippen LogP contribution in [-0.4, -0.2) is 40.5 Å². The van der Waals surface area contributed by atoms with Gasteiger partial charge >= 0.3 is 0 Å². The molecule has 3 aromatic rings. The molecule has 0 saturated heterocycles. The summed E-state index contributed by atoms with van der Waals surface area (Å²) in [4.78, 5) is 26.8. The molecular formula is C17H18N6O3S. The third kappa shape index (κ3) is 4.47. The molecule has 0 aromatic carbocycles. The van der Waals surface area contributed by atoms with Crippen molar-refractivity contribution in [3.05, 3.63) is 42.5 Å². The Balaban J connectivity index is 2.07. The lowest BCUT2D eigenvalue weighted by molar-refractivity contribution is -0.114. The number of aryl methyl sites for hydroxylation is 1. The second-order valence-corrected chi connectivity index (χ2v) is 7.98. The zero-order valence-corrected chi connectivity index (χ0v) is 15.8. The van der Waals surface area contributed by atoms with E-state index in [1.165, 1.54) is 19.3 Å². The van der Waals surface area contributed by atoms with Crippen LogP contribution in [0.5, 0.6) is 0 Å². The number of nitrogens with one attached hydrogen (secondary N) is 3. The highest BCUT2D eigenvalue weighted by molar-refractivity contribution is 7.90. The van der Waals surface area contributed by atoms with Crippen molar-refractivity contribution in [3.63, 3.8) is 0 Å². The fourth-order valence-corrected chi connectivity index (χ4v) is 3.11. The summed E-state index contributed by atoms with van der Waals surface area (Å²) in [5.74, 6) is 0.446. The number of carbonyl (C=O) groups excluding carboxylic acids is 1. The van der Waals surface area contributed by atoms with Gasteiger partial charge in [0.05, 0.1) is 17.7 Å². The van der Waals surface area contributed by atoms with Crippen molar-refractivity contribution < 1.29 is 13.2 Å². The number of rotatable bonds is 5. The molecule has 0 aliphatic carbocycles. The van der Waals surface area contributed by atoms with Gasteiger partial charge in [0.1, 0.15) is 11.6 Å². The molecular weight excluding hydrogens is 368 g/mol. The van der Waals surface area contributed by atoms with Crippen molar-refractivity contribution in [1.29, 1.82) is 0 Å². The van der Waals surface area contributed by atoms with E-state index in [-0.39, 0.29) is 10.9 Å². The lowest BCUT2D eigenvalue weighted by atomic mass is 10.1. The number of imidazole rings is 1. The quantitative estimate of drug-likeness (QED) is 0.613. The molecule has 0 saturated carbocycles. The fourth-order valence-electron chi connectivity index (χ4n) is 2.45. The maximum absolute atomic E-state index is 11.9. The number of amides is 1. The van der Waals surface area contributed by atoms with Crippen molar-refractivity contribution in [2.45, 2.75) is 18.9 Å². The summed E-state index contributed by atoms with van der Waals surface area (Å²) in [5.41, 5.74) is 2.61. The highest BCUT2D eigenvalue weighted by Gasteiger charge is 2.14. The van der Waals surface area contributed by atoms with E-state index >= 15 is 0 Å². The summed E-state index contributed by atoms with van der Waals surface area (Å²) < 4.78 is 23.7. The molecule has 9 nitrogen and oxygen atoms in total. The zero-order chi connectivity index (χ0) is 19.6. The van der Waals surface area contributed by atoms with Crippen LogP contribution in [0.25, 0.3) is 11.3 Å². The summed E-state index contributed by atoms with van der Waals surface area (Å²) in [7, 11) is -3.46. The van der Waals surface area contributed by atoms with Gasteiger partial charge in [-0.15, -0.1) is 0 Å². The first-order valence-electron chi connectivity index (χ1n) is 7.95. The standard InChI is InChI=1S/C17H18N6O3S/c1-10-4-16(23-17(5-10)27(3,25)26)22-13-6-15(21-11(2)24)19-7-12(13)14-8-18-9-20-14/h4-9H,1-3H3,(H,18,20)(H2,19,21,22,23,24). The van der Waals surface area contributed by atoms with Gasteiger partial charge in [-0.25, -0.2) is 23.4 Å². The van der Waals surface area contributed by atoms with Crippen LogP contribution in [0.4, 0.5) is 17.3 Å². The minimum absolute atomic E-state index is 0.0255. The Morgan fingerprint density at radius 1 is 1.15 bits per heavy atom. The summed E-state index contributed by atoms with van der Waals surface area (Å²) in [6, 6.07) is 4.86. The van der Waals surface area contributed by atoms with E-state index in [9.17, 15) is 13.2 Å². The Morgan fingerprint density at radius 2 is 1.93 bits per heavy atom. The first kappa shape index (κ1) is 18.5. The average Bonchev–Trinajstić information content (AvgIpc) is 3.07. The van der Waals surface area contributed by atoms with Crippen LogP contribution in [0.15, 0.2) is 41.9 Å². The molecule has 0 radical (unpaired) electrons. The lowest BCUT2D eigenvalue weighted by Gasteiger charge is -2.13. The maximum atomic E-state index is 11.9. The van der Waals surface area contributed by atoms with Crippen molar-refractivity contribution in [3.8, 4) is 11.3 Å². The van der Waals surface area contributed by atoms with Crippen LogP contribution in [0.1, 0.15) is 12.5 Å². The molecule has 0 unspecified atom stereocenters. The van der Waals surface area contributed by atoms with Gasteiger partial charge in [0.2, 0.25) is 5.91 Å². The average molecular weight is 386 g/mol. The number of aromatic amines is 1. The second-order valence-electron chi connectivity index (χ2n) is 6.02. The molecule has 3 aromatic heterocycles. The number of H-pyrrole nitrogens is 1. The molecule has 140 valence electrons. The molecule has 27 heavy (non-hydrogen) atoms. The number of sulfone groups is 1. The van der Waals surface area contributed by atoms with Gasteiger partial charge in [-0.3, -0.25) is 4.79 Å². The molecule has 1 amide bonds. The summed E-state index contributed by atoms with van der Waals surface area (Å²) in [6.07, 6.45) is 5.91. The fraction of sp³-hybridized carbons (Fsp3) is 0.176. The van der Waals surface area contributed by atoms with Crippen LogP contribution in [-0.2, 0) is 14.6 Å². The van der Waals surface area contributed by atoms with Crippen LogP contribution in [0.2, 0.25) is 0 Å². The smallest absolute Gasteiger partial charge is 0.222 e. The minimum Gasteiger partial charge on any atom is -0.351 e. The van der Waals surface area contributed by atoms with Gasteiger partial charge in [-0.1, -0.05) is 0 Å². The minimum atomic E-state index is -3.46. The Hall–Kier alpha value is -3.27. The second kappa shape index (κ2) is 7.16. The number of carbonyl (C=O) groups is 1. The first-order valence-corrected chi connectivity index (χ1v) is 9.84. The predicted molar refractivity (Wildman–Crippen MR) is 101 cm³/mol. The van der Waals surface area contributed by atoms with Crippen LogP contribution in [0, 0.1) is 6.92 Å². The van der Waals surface area contributed by atoms with Crippen LogP contribution in [0.3, 0.4) is 0 Å². The van der Waals surface area contributed by atoms with Crippen molar-refractivity contribution in [1.82, 2.24) is 19.9 Å². The van der Waals surface area contributed by atoms with E-state index in [1.807, 2.05) is 0 Å². The van der Waals surface area contributed by atoms with Crippen molar-refractivity contribution in [2.24, 2.45) is 0 Å². The van der Waals surface area contributed by atoms with Crippen LogP contribution < -0.4 is 10.6 Å². The highest BCUT2D eigenvalue weighted by Crippen LogP contribution is 2.30. The van der Waals surface area contributed by atoms with Gasteiger partial charge < -0.3 is 15.6 Å². The number of anilines is 3. The van der Waals surface area contributed by atoms with E-state index in [0.29, 0.717) is 28.6 Å². The monoisotopic (exact) mass is 386 g/mol. The largest absolute Gasteiger partial charge is 0.351 e. The SMILES string of the molecule is CC(=O)Nc1cc(Nc2cc(C)cc(S(C)(=O)=O)n2)c(-c2c[nH]cn2)cn1. The summed E-state index contributed by atoms with van der Waals surface area (Å²) in [6.45, 7) is 3.17. The third-order valence-corrected chi connectivity index (χ3v) is 4.54. The number of nitrogens with zero attached hydrogens (tertiary/aromatic N) is 3. The summed E-state index contributed by atoms with van der Waals surface area (Å²) in [5, 5.41) is 5.70. The van der Waals surface area contributed by atoms with Crippen LogP contribution >= 0.6 is 0 Å². The van der Waals surface area contributed by atoms with Crippen molar-refractivity contribution >= 4 is 33.1 Å². The van der Waals surface area contributed by atoms with Gasteiger partial charge in [0.15, 0.2) is 14.9 Å². The molecule has 0 atom stereocenters. The Morgan fingerprint density at radius 3 is 2.56 bits per heavy atom. The number of hydrogen-bond donors (Lipinski definition) is 3. The van der Waals surface area contributed by atoms with Gasteiger partial charge in [0, 0.05) is 37.2 Å². The topological polar surface area (TPSA) is 130 Å². The van der Waals surface area contributed by atoms with Gasteiger partial charge in [-0.05, 0) is 24.6 Å². The van der Waals surface area contributed by atoms with E-state index in [4.69, 9.17) is 0 Å². The Kier molecular flexibility index (Phi) is 4.91. The summed E-state index contributed by atoms with van der Waals surface area (Å²) >= 11 is 0. The maximum Gasteiger partial charge on any atom is 0.222 e. The van der Waals surface area contributed by atoms with E-state index in [2.05, 4.69) is 30.6 Å². The number of pyridine rings is 2. The number of aromatic nitrogens is 4. The third-order valence-electron chi connectivity index (χ3n) is 3.57. The molecule has 0 aliphatic rings. The molecule has 0 aliphatic heterocycles. The molecule has 3 heterocycles. The molecule has 0 spiro atoms. The molecule has 3 N–H and O–H groups in total. The lowest BCUT2D eigenvalue weighted by Crippen LogP contribution is -2.09. The first-order chi connectivity index (χ1) is 12.7. The molecule has 0 bridgehead atoms. The van der Waals surface area contributed by atoms with E-state index in [0.717, 1.165) is 11.8 Å². The normalized spacial score (nSPS) is 11.2. The molecule has 10 heteroatoms. The Labute approximate surface area is 156 Å². The Bertz CT molecular complexity index is 1090. The predicted octanol–water partition coefficient (Wildman–Crippen LogP) is 2.28. The zero-order valence-electron chi connectivity index (χ0n) is 14.9. The van der Waals surface area contributed by atoms with Crippen molar-refractivity contribution in [2.75, 3.05) is 16.9 Å². The van der Waals surface area contributed by atoms with E-state index < -0.39 is 9.84 Å². The van der Waals surface area contributed by atoms with Gasteiger partial charge in [0.25, 0.3) is 0 Å².